The number of aliphatic imine (C=N–C) groups is 1. The van der Waals surface area contributed by atoms with Crippen molar-refractivity contribution in [2.24, 2.45) is 10.7 Å². The number of nitrogens with two attached hydrogens (primary N) is 1. The molecule has 5 nitrogen and oxygen atoms in total. The molecule has 2 N–H and O–H groups in total. The summed E-state index contributed by atoms with van der Waals surface area (Å²) in [5.74, 6) is 4.31. The molecule has 3 rings (SSSR count). The maximum atomic E-state index is 12.8. The van der Waals surface area contributed by atoms with E-state index in [4.69, 9.17) is 17.3 Å². The Balaban J connectivity index is 2.11. The zero-order chi connectivity index (χ0) is 17.7. The number of rotatable bonds is 2. The fourth-order valence-corrected chi connectivity index (χ4v) is 6.11. The first kappa shape index (κ1) is 17.3. The van der Waals surface area contributed by atoms with Gasteiger partial charge in [0.15, 0.2) is 0 Å². The Hall–Kier alpha value is -1.57. The number of aromatic nitrogens is 1. The molecule has 24 heavy (non-hydrogen) atoms. The highest BCUT2D eigenvalue weighted by Gasteiger charge is 2.39. The van der Waals surface area contributed by atoms with Crippen LogP contribution < -0.4 is 5.73 Å². The highest BCUT2D eigenvalue weighted by atomic mass is 35.5. The van der Waals surface area contributed by atoms with Crippen LogP contribution in [0.2, 0.25) is 5.02 Å². The third-order valence-corrected chi connectivity index (χ3v) is 8.07. The summed E-state index contributed by atoms with van der Waals surface area (Å²) < 4.78 is 14.2. The van der Waals surface area contributed by atoms with Crippen LogP contribution in [-0.4, -0.2) is 38.1 Å². The standard InChI is InChI=1S/C16H19ClN4OS2/c1-10-5-11(8-19-7-10)13-6-12(17)14(23-13)16(2)9-24(4,22)21(3)15(18)20-16/h5-8H,4,9H2,1-3H3,(H2,18,20)/t16-,24?/m0/s1. The number of guanidine groups is 1. The third kappa shape index (κ3) is 2.92. The minimum Gasteiger partial charge on any atom is -0.369 e. The van der Waals surface area contributed by atoms with Crippen molar-refractivity contribution < 1.29 is 4.21 Å². The van der Waals surface area contributed by atoms with Gasteiger partial charge in [-0.15, -0.1) is 11.3 Å². The Labute approximate surface area is 151 Å². The molecule has 1 aliphatic rings. The molecule has 0 saturated carbocycles. The summed E-state index contributed by atoms with van der Waals surface area (Å²) in [7, 11) is -0.886. The lowest BCUT2D eigenvalue weighted by Gasteiger charge is -2.36. The van der Waals surface area contributed by atoms with Crippen LogP contribution in [0.25, 0.3) is 10.4 Å². The van der Waals surface area contributed by atoms with Crippen LogP contribution in [0.4, 0.5) is 0 Å². The van der Waals surface area contributed by atoms with Crippen LogP contribution in [-0.2, 0) is 15.2 Å². The molecule has 0 aromatic carbocycles. The normalized spacial score (nSPS) is 27.2. The molecular weight excluding hydrogens is 364 g/mol. The number of pyridine rings is 1. The molecule has 2 aromatic heterocycles. The molecule has 128 valence electrons. The first-order valence-corrected chi connectivity index (χ1v) is 10.3. The van der Waals surface area contributed by atoms with Crippen molar-refractivity contribution in [1.29, 1.82) is 0 Å². The molecule has 1 unspecified atom stereocenters. The van der Waals surface area contributed by atoms with Crippen molar-refractivity contribution in [1.82, 2.24) is 9.29 Å². The SMILES string of the molecule is C=S1(=O)C[C@@](C)(c2sc(-c3cncc(C)c3)cc2Cl)N=C(N)N1C. The van der Waals surface area contributed by atoms with E-state index < -0.39 is 15.2 Å². The van der Waals surface area contributed by atoms with Gasteiger partial charge in [0.2, 0.25) is 5.96 Å². The Morgan fingerprint density at radius 1 is 1.46 bits per heavy atom. The van der Waals surface area contributed by atoms with Gasteiger partial charge in [0.1, 0.15) is 5.54 Å². The van der Waals surface area contributed by atoms with E-state index in [1.807, 2.05) is 19.9 Å². The number of halogens is 1. The Morgan fingerprint density at radius 2 is 2.17 bits per heavy atom. The van der Waals surface area contributed by atoms with E-state index >= 15 is 0 Å². The van der Waals surface area contributed by atoms with Crippen LogP contribution in [0.15, 0.2) is 29.5 Å². The van der Waals surface area contributed by atoms with Gasteiger partial charge in [-0.2, -0.15) is 0 Å². The highest BCUT2D eigenvalue weighted by Crippen LogP contribution is 2.44. The number of hydrogen-bond donors (Lipinski definition) is 1. The zero-order valence-electron chi connectivity index (χ0n) is 13.7. The maximum absolute atomic E-state index is 12.8. The fourth-order valence-electron chi connectivity index (χ4n) is 2.75. The molecule has 0 aliphatic carbocycles. The third-order valence-electron chi connectivity index (χ3n) is 4.03. The van der Waals surface area contributed by atoms with Crippen molar-refractivity contribution in [3.8, 4) is 10.4 Å². The second-order valence-electron chi connectivity index (χ2n) is 6.20. The van der Waals surface area contributed by atoms with Gasteiger partial charge < -0.3 is 5.73 Å². The summed E-state index contributed by atoms with van der Waals surface area (Å²) in [4.78, 5) is 10.6. The summed E-state index contributed by atoms with van der Waals surface area (Å²) in [6.07, 6.45) is 3.61. The molecule has 8 heteroatoms. The van der Waals surface area contributed by atoms with E-state index in [-0.39, 0.29) is 11.7 Å². The van der Waals surface area contributed by atoms with Crippen molar-refractivity contribution >= 4 is 44.5 Å². The molecule has 2 atom stereocenters. The van der Waals surface area contributed by atoms with E-state index in [0.717, 1.165) is 20.9 Å². The second-order valence-corrected chi connectivity index (χ2v) is 10.0. The summed E-state index contributed by atoms with van der Waals surface area (Å²) >= 11 is 8.01. The first-order chi connectivity index (χ1) is 11.1. The average Bonchev–Trinajstić information content (AvgIpc) is 2.87. The van der Waals surface area contributed by atoms with Gasteiger partial charge in [0.05, 0.1) is 25.4 Å². The van der Waals surface area contributed by atoms with E-state index in [0.29, 0.717) is 5.02 Å². The molecule has 2 aromatic rings. The van der Waals surface area contributed by atoms with Crippen LogP contribution >= 0.6 is 22.9 Å². The predicted octanol–water partition coefficient (Wildman–Crippen LogP) is 2.88. The fraction of sp³-hybridized carbons (Fsp3) is 0.312. The molecule has 0 radical (unpaired) electrons. The molecule has 0 fully saturated rings. The van der Waals surface area contributed by atoms with E-state index in [1.54, 1.807) is 19.4 Å². The number of nitrogens with zero attached hydrogens (tertiary/aromatic N) is 3. The summed E-state index contributed by atoms with van der Waals surface area (Å²) in [5, 5.41) is 0.593. The van der Waals surface area contributed by atoms with Crippen LogP contribution in [0.5, 0.6) is 0 Å². The van der Waals surface area contributed by atoms with Crippen molar-refractivity contribution in [3.63, 3.8) is 0 Å². The molecular formula is C16H19ClN4OS2. The lowest BCUT2D eigenvalue weighted by Crippen LogP contribution is -2.50. The van der Waals surface area contributed by atoms with E-state index in [2.05, 4.69) is 21.9 Å². The predicted molar refractivity (Wildman–Crippen MR) is 104 cm³/mol. The van der Waals surface area contributed by atoms with Gasteiger partial charge in [0, 0.05) is 29.9 Å². The van der Waals surface area contributed by atoms with Crippen molar-refractivity contribution in [3.05, 3.63) is 40.0 Å². The lowest BCUT2D eigenvalue weighted by atomic mass is 10.0. The van der Waals surface area contributed by atoms with E-state index in [1.165, 1.54) is 15.6 Å². The monoisotopic (exact) mass is 382 g/mol. The first-order valence-electron chi connectivity index (χ1n) is 7.28. The minimum absolute atomic E-state index is 0.215. The van der Waals surface area contributed by atoms with Crippen LogP contribution in [0, 0.1) is 6.92 Å². The molecule has 0 saturated heterocycles. The number of aryl methyl sites for hydroxylation is 1. The highest BCUT2D eigenvalue weighted by molar-refractivity contribution is 7.98. The number of thiophene rings is 1. The summed E-state index contributed by atoms with van der Waals surface area (Å²) in [6, 6.07) is 3.95. The van der Waals surface area contributed by atoms with Crippen molar-refractivity contribution in [2.75, 3.05) is 12.8 Å². The van der Waals surface area contributed by atoms with Crippen LogP contribution in [0.3, 0.4) is 0 Å². The van der Waals surface area contributed by atoms with Gasteiger partial charge in [-0.05, 0) is 37.4 Å². The molecule has 1 aliphatic heterocycles. The van der Waals surface area contributed by atoms with Gasteiger partial charge in [-0.25, -0.2) is 9.20 Å². The molecule has 0 spiro atoms. The zero-order valence-corrected chi connectivity index (χ0v) is 16.1. The summed E-state index contributed by atoms with van der Waals surface area (Å²) in [5.41, 5.74) is 7.28. The van der Waals surface area contributed by atoms with Gasteiger partial charge in [-0.3, -0.25) is 9.29 Å². The molecule has 3 heterocycles. The second kappa shape index (κ2) is 5.75. The Bertz CT molecular complexity index is 935. The molecule has 0 bridgehead atoms. The van der Waals surface area contributed by atoms with Gasteiger partial charge >= 0.3 is 0 Å². The van der Waals surface area contributed by atoms with Gasteiger partial charge in [0.25, 0.3) is 0 Å². The molecule has 0 amide bonds. The largest absolute Gasteiger partial charge is 0.369 e. The number of hydrogen-bond acceptors (Lipinski definition) is 5. The quantitative estimate of drug-likeness (QED) is 0.812. The maximum Gasteiger partial charge on any atom is 0.203 e. The topological polar surface area (TPSA) is 71.6 Å². The lowest BCUT2D eigenvalue weighted by molar-refractivity contribution is 0.522. The minimum atomic E-state index is -2.53. The van der Waals surface area contributed by atoms with E-state index in [9.17, 15) is 4.21 Å². The summed E-state index contributed by atoms with van der Waals surface area (Å²) in [6.45, 7) is 3.89. The Kier molecular flexibility index (Phi) is 4.14. The average molecular weight is 383 g/mol. The van der Waals surface area contributed by atoms with Gasteiger partial charge in [-0.1, -0.05) is 11.6 Å². The smallest absolute Gasteiger partial charge is 0.203 e. The van der Waals surface area contributed by atoms with Crippen LogP contribution in [0.1, 0.15) is 17.4 Å². The van der Waals surface area contributed by atoms with Crippen molar-refractivity contribution in [2.45, 2.75) is 19.4 Å². The Morgan fingerprint density at radius 3 is 2.79 bits per heavy atom.